The Bertz CT molecular complexity index is 533. The van der Waals surface area contributed by atoms with Crippen LogP contribution in [0.5, 0.6) is 0 Å². The number of carbonyl (C=O) groups excluding carboxylic acids is 1. The van der Waals surface area contributed by atoms with E-state index in [1.165, 1.54) is 18.5 Å². The highest BCUT2D eigenvalue weighted by atomic mass is 16.3. The van der Waals surface area contributed by atoms with Crippen molar-refractivity contribution in [1.29, 1.82) is 5.26 Å². The Morgan fingerprint density at radius 3 is 3.00 bits per heavy atom. The van der Waals surface area contributed by atoms with E-state index in [1.54, 1.807) is 6.07 Å². The van der Waals surface area contributed by atoms with Crippen molar-refractivity contribution in [2.24, 2.45) is 0 Å². The standard InChI is InChI=1S/C9H6N4O2/c10-4-6-5-12-13(8(6)11)9(14)7-2-1-3-15-7/h1-3,5H,11H2. The minimum absolute atomic E-state index is 0.0129. The summed E-state index contributed by atoms with van der Waals surface area (Å²) in [6.45, 7) is 0. The average molecular weight is 202 g/mol. The van der Waals surface area contributed by atoms with Gasteiger partial charge in [-0.05, 0) is 12.1 Å². The molecule has 0 bridgehead atoms. The van der Waals surface area contributed by atoms with Gasteiger partial charge in [0.15, 0.2) is 5.76 Å². The lowest BCUT2D eigenvalue weighted by molar-refractivity contribution is 0.0920. The summed E-state index contributed by atoms with van der Waals surface area (Å²) in [7, 11) is 0. The van der Waals surface area contributed by atoms with Gasteiger partial charge in [0.05, 0.1) is 12.5 Å². The van der Waals surface area contributed by atoms with Gasteiger partial charge < -0.3 is 10.2 Å². The molecule has 0 saturated carbocycles. The van der Waals surface area contributed by atoms with Crippen LogP contribution in [0.1, 0.15) is 16.1 Å². The zero-order chi connectivity index (χ0) is 10.8. The third-order valence-electron chi connectivity index (χ3n) is 1.85. The molecule has 0 aliphatic heterocycles. The zero-order valence-corrected chi connectivity index (χ0v) is 7.54. The number of nitrogen functional groups attached to an aromatic ring is 1. The van der Waals surface area contributed by atoms with Gasteiger partial charge in [-0.3, -0.25) is 4.79 Å². The van der Waals surface area contributed by atoms with Crippen molar-refractivity contribution in [2.75, 3.05) is 5.73 Å². The van der Waals surface area contributed by atoms with Crippen LogP contribution in [0.3, 0.4) is 0 Å². The van der Waals surface area contributed by atoms with Gasteiger partial charge in [-0.2, -0.15) is 15.0 Å². The van der Waals surface area contributed by atoms with Gasteiger partial charge in [0.25, 0.3) is 0 Å². The van der Waals surface area contributed by atoms with Crippen molar-refractivity contribution < 1.29 is 9.21 Å². The Kier molecular flexibility index (Phi) is 1.99. The average Bonchev–Trinajstić information content (AvgIpc) is 2.85. The molecule has 0 spiro atoms. The molecular formula is C9H6N4O2. The normalized spacial score (nSPS) is 9.80. The first-order chi connectivity index (χ1) is 7.24. The Labute approximate surface area is 84.5 Å². The topological polar surface area (TPSA) is 97.8 Å². The summed E-state index contributed by atoms with van der Waals surface area (Å²) >= 11 is 0. The summed E-state index contributed by atoms with van der Waals surface area (Å²) in [5.74, 6) is -0.368. The zero-order valence-electron chi connectivity index (χ0n) is 7.54. The van der Waals surface area contributed by atoms with Crippen molar-refractivity contribution in [2.45, 2.75) is 0 Å². The Balaban J connectivity index is 2.44. The molecule has 0 aromatic carbocycles. The number of rotatable bonds is 1. The fourth-order valence-corrected chi connectivity index (χ4v) is 1.11. The van der Waals surface area contributed by atoms with Crippen molar-refractivity contribution in [1.82, 2.24) is 9.78 Å². The third-order valence-corrected chi connectivity index (χ3v) is 1.85. The largest absolute Gasteiger partial charge is 0.459 e. The summed E-state index contributed by atoms with van der Waals surface area (Å²) in [6.07, 6.45) is 2.61. The first-order valence-electron chi connectivity index (χ1n) is 4.06. The minimum Gasteiger partial charge on any atom is -0.459 e. The van der Waals surface area contributed by atoms with Crippen molar-refractivity contribution in [3.8, 4) is 6.07 Å². The SMILES string of the molecule is N#Cc1cnn(C(=O)c2ccco2)c1N. The van der Waals surface area contributed by atoms with Gasteiger partial charge in [0.1, 0.15) is 17.5 Å². The van der Waals surface area contributed by atoms with Crippen LogP contribution < -0.4 is 5.73 Å². The highest BCUT2D eigenvalue weighted by Crippen LogP contribution is 2.12. The van der Waals surface area contributed by atoms with Gasteiger partial charge in [0.2, 0.25) is 0 Å². The second kappa shape index (κ2) is 3.31. The molecule has 2 N–H and O–H groups in total. The molecule has 2 rings (SSSR count). The van der Waals surface area contributed by atoms with Crippen LogP contribution in [0.4, 0.5) is 5.82 Å². The smallest absolute Gasteiger partial charge is 0.315 e. The van der Waals surface area contributed by atoms with Crippen LogP contribution in [-0.2, 0) is 0 Å². The molecule has 0 aliphatic rings. The Morgan fingerprint density at radius 1 is 1.67 bits per heavy atom. The van der Waals surface area contributed by atoms with Gasteiger partial charge >= 0.3 is 5.91 Å². The predicted octanol–water partition coefficient (Wildman–Crippen LogP) is 0.618. The number of carbonyl (C=O) groups is 1. The van der Waals surface area contributed by atoms with Crippen molar-refractivity contribution >= 4 is 11.7 Å². The van der Waals surface area contributed by atoms with E-state index in [1.807, 2.05) is 6.07 Å². The number of nitriles is 1. The van der Waals surface area contributed by atoms with E-state index >= 15 is 0 Å². The second-order valence-electron chi connectivity index (χ2n) is 2.75. The Morgan fingerprint density at radius 2 is 2.47 bits per heavy atom. The van der Waals surface area contributed by atoms with Crippen LogP contribution in [-0.4, -0.2) is 15.7 Å². The monoisotopic (exact) mass is 202 g/mol. The molecular weight excluding hydrogens is 196 g/mol. The quantitative estimate of drug-likeness (QED) is 0.730. The number of nitrogens with zero attached hydrogens (tertiary/aromatic N) is 3. The van der Waals surface area contributed by atoms with E-state index in [0.717, 1.165) is 4.68 Å². The van der Waals surface area contributed by atoms with Crippen LogP contribution in [0.2, 0.25) is 0 Å². The first-order valence-corrected chi connectivity index (χ1v) is 4.06. The van der Waals surface area contributed by atoms with Gasteiger partial charge in [-0.1, -0.05) is 0 Å². The van der Waals surface area contributed by atoms with Gasteiger partial charge in [-0.25, -0.2) is 0 Å². The van der Waals surface area contributed by atoms with E-state index < -0.39 is 5.91 Å². The maximum Gasteiger partial charge on any atom is 0.315 e. The molecule has 0 radical (unpaired) electrons. The molecule has 2 aromatic heterocycles. The van der Waals surface area contributed by atoms with Crippen LogP contribution in [0.15, 0.2) is 29.0 Å². The molecule has 74 valence electrons. The van der Waals surface area contributed by atoms with E-state index in [2.05, 4.69) is 5.10 Å². The summed E-state index contributed by atoms with van der Waals surface area (Å²) in [5, 5.41) is 12.3. The highest BCUT2D eigenvalue weighted by Gasteiger charge is 2.17. The summed E-state index contributed by atoms with van der Waals surface area (Å²) in [4.78, 5) is 11.7. The summed E-state index contributed by atoms with van der Waals surface area (Å²) in [6, 6.07) is 4.90. The lowest BCUT2D eigenvalue weighted by atomic mass is 10.3. The van der Waals surface area contributed by atoms with E-state index in [-0.39, 0.29) is 17.1 Å². The van der Waals surface area contributed by atoms with Crippen LogP contribution >= 0.6 is 0 Å². The molecule has 0 saturated heterocycles. The molecule has 0 amide bonds. The number of hydrogen-bond acceptors (Lipinski definition) is 5. The van der Waals surface area contributed by atoms with Gasteiger partial charge in [-0.15, -0.1) is 0 Å². The van der Waals surface area contributed by atoms with E-state index in [9.17, 15) is 4.79 Å². The highest BCUT2D eigenvalue weighted by molar-refractivity contribution is 5.94. The predicted molar refractivity (Wildman–Crippen MR) is 49.8 cm³/mol. The molecule has 6 heteroatoms. The molecule has 15 heavy (non-hydrogen) atoms. The molecule has 6 nitrogen and oxygen atoms in total. The fraction of sp³-hybridized carbons (Fsp3) is 0. The molecule has 0 aliphatic carbocycles. The van der Waals surface area contributed by atoms with E-state index in [0.29, 0.717) is 0 Å². The molecule has 0 atom stereocenters. The van der Waals surface area contributed by atoms with Crippen molar-refractivity contribution in [3.05, 3.63) is 35.9 Å². The minimum atomic E-state index is -0.501. The van der Waals surface area contributed by atoms with Crippen molar-refractivity contribution in [3.63, 3.8) is 0 Å². The lowest BCUT2D eigenvalue weighted by Gasteiger charge is -1.98. The maximum atomic E-state index is 11.7. The second-order valence-corrected chi connectivity index (χ2v) is 2.75. The number of aromatic nitrogens is 2. The lowest BCUT2D eigenvalue weighted by Crippen LogP contribution is -2.15. The first kappa shape index (κ1) is 9.02. The molecule has 2 aromatic rings. The third kappa shape index (κ3) is 1.36. The summed E-state index contributed by atoms with van der Waals surface area (Å²) < 4.78 is 5.83. The Hall–Kier alpha value is -2.55. The number of anilines is 1. The van der Waals surface area contributed by atoms with Crippen LogP contribution in [0.25, 0.3) is 0 Å². The van der Waals surface area contributed by atoms with E-state index in [4.69, 9.17) is 15.4 Å². The maximum absolute atomic E-state index is 11.7. The summed E-state index contributed by atoms with van der Waals surface area (Å²) in [5.41, 5.74) is 5.70. The molecule has 0 unspecified atom stereocenters. The van der Waals surface area contributed by atoms with Crippen LogP contribution in [0, 0.1) is 11.3 Å². The molecule has 0 fully saturated rings. The van der Waals surface area contributed by atoms with Gasteiger partial charge in [0, 0.05) is 0 Å². The number of furan rings is 1. The number of hydrogen-bond donors (Lipinski definition) is 1. The molecule has 2 heterocycles. The number of nitrogens with two attached hydrogens (primary N) is 1. The fourth-order valence-electron chi connectivity index (χ4n) is 1.11.